The third kappa shape index (κ3) is 2.88. The van der Waals surface area contributed by atoms with E-state index in [0.29, 0.717) is 11.7 Å². The first-order chi connectivity index (χ1) is 12.3. The second-order valence-corrected chi connectivity index (χ2v) is 6.32. The first kappa shape index (κ1) is 15.7. The molecule has 1 aromatic carbocycles. The molecule has 0 bridgehead atoms. The standard InChI is InChI=1S/C19H22N4O2/c1-24-18-9-14-15(10-19(18)25-2)21-6-3-17(14)23-7-4-13(5-8-23)16-11-20-12-22-16/h3,6,9-13H,4-5,7-8H2,1-2H3,(H,20,22). The number of hydrogen-bond acceptors (Lipinski definition) is 5. The average molecular weight is 338 g/mol. The molecule has 0 saturated carbocycles. The molecule has 3 aromatic rings. The van der Waals surface area contributed by atoms with Crippen molar-refractivity contribution in [1.29, 1.82) is 0 Å². The predicted molar refractivity (Wildman–Crippen MR) is 97.6 cm³/mol. The summed E-state index contributed by atoms with van der Waals surface area (Å²) in [5.74, 6) is 2.00. The normalized spacial score (nSPS) is 15.5. The lowest BCUT2D eigenvalue weighted by molar-refractivity contribution is 0.356. The summed E-state index contributed by atoms with van der Waals surface area (Å²) in [6.45, 7) is 2.02. The fourth-order valence-corrected chi connectivity index (χ4v) is 3.66. The highest BCUT2D eigenvalue weighted by molar-refractivity contribution is 5.94. The van der Waals surface area contributed by atoms with Crippen molar-refractivity contribution in [3.05, 3.63) is 42.6 Å². The summed E-state index contributed by atoms with van der Waals surface area (Å²) in [7, 11) is 3.31. The highest BCUT2D eigenvalue weighted by Gasteiger charge is 2.23. The van der Waals surface area contributed by atoms with Crippen LogP contribution >= 0.6 is 0 Å². The Hall–Kier alpha value is -2.76. The van der Waals surface area contributed by atoms with Crippen LogP contribution < -0.4 is 14.4 Å². The number of anilines is 1. The number of ether oxygens (including phenoxy) is 2. The van der Waals surface area contributed by atoms with E-state index >= 15 is 0 Å². The lowest BCUT2D eigenvalue weighted by atomic mass is 9.93. The monoisotopic (exact) mass is 338 g/mol. The summed E-state index contributed by atoms with van der Waals surface area (Å²) < 4.78 is 10.9. The molecule has 1 N–H and O–H groups in total. The fraction of sp³-hybridized carbons (Fsp3) is 0.368. The zero-order chi connectivity index (χ0) is 17.2. The van der Waals surface area contributed by atoms with Gasteiger partial charge in [-0.15, -0.1) is 0 Å². The van der Waals surface area contributed by atoms with Crippen LogP contribution in [0, 0.1) is 0 Å². The maximum absolute atomic E-state index is 5.47. The highest BCUT2D eigenvalue weighted by Crippen LogP contribution is 2.37. The van der Waals surface area contributed by atoms with Gasteiger partial charge in [0.15, 0.2) is 11.5 Å². The molecule has 1 saturated heterocycles. The third-order valence-corrected chi connectivity index (χ3v) is 5.02. The largest absolute Gasteiger partial charge is 0.493 e. The van der Waals surface area contributed by atoms with Crippen LogP contribution in [0.3, 0.4) is 0 Å². The third-order valence-electron chi connectivity index (χ3n) is 5.02. The number of nitrogens with zero attached hydrogens (tertiary/aromatic N) is 3. The second-order valence-electron chi connectivity index (χ2n) is 6.32. The van der Waals surface area contributed by atoms with Gasteiger partial charge in [0.05, 0.1) is 26.1 Å². The molecule has 6 heteroatoms. The Balaban J connectivity index is 1.63. The van der Waals surface area contributed by atoms with E-state index in [9.17, 15) is 0 Å². The van der Waals surface area contributed by atoms with Gasteiger partial charge in [0, 0.05) is 54.2 Å². The van der Waals surface area contributed by atoms with Crippen molar-refractivity contribution in [2.24, 2.45) is 0 Å². The number of aromatic amines is 1. The van der Waals surface area contributed by atoms with Gasteiger partial charge in [-0.25, -0.2) is 4.98 Å². The van der Waals surface area contributed by atoms with Crippen LogP contribution in [0.4, 0.5) is 5.69 Å². The second kappa shape index (κ2) is 6.63. The molecule has 1 aliphatic rings. The summed E-state index contributed by atoms with van der Waals surface area (Å²) in [6.07, 6.45) is 7.79. The minimum atomic E-state index is 0.557. The van der Waals surface area contributed by atoms with Crippen LogP contribution in [-0.2, 0) is 0 Å². The molecule has 0 radical (unpaired) electrons. The minimum absolute atomic E-state index is 0.557. The van der Waals surface area contributed by atoms with Crippen molar-refractivity contribution in [2.75, 3.05) is 32.2 Å². The van der Waals surface area contributed by atoms with Crippen LogP contribution in [-0.4, -0.2) is 42.3 Å². The van der Waals surface area contributed by atoms with Crippen molar-refractivity contribution in [2.45, 2.75) is 18.8 Å². The van der Waals surface area contributed by atoms with Crippen molar-refractivity contribution in [3.63, 3.8) is 0 Å². The first-order valence-corrected chi connectivity index (χ1v) is 8.54. The fourth-order valence-electron chi connectivity index (χ4n) is 3.66. The minimum Gasteiger partial charge on any atom is -0.493 e. The van der Waals surface area contributed by atoms with Crippen LogP contribution in [0.1, 0.15) is 24.5 Å². The topological polar surface area (TPSA) is 63.3 Å². The number of benzene rings is 1. The molecule has 0 amide bonds. The Labute approximate surface area is 146 Å². The molecule has 1 aliphatic heterocycles. The van der Waals surface area contributed by atoms with E-state index in [1.165, 1.54) is 11.4 Å². The Bertz CT molecular complexity index is 855. The summed E-state index contributed by atoms with van der Waals surface area (Å²) in [4.78, 5) is 14.3. The highest BCUT2D eigenvalue weighted by atomic mass is 16.5. The molecule has 0 unspecified atom stereocenters. The molecule has 130 valence electrons. The molecule has 0 spiro atoms. The van der Waals surface area contributed by atoms with Crippen LogP contribution in [0.25, 0.3) is 10.9 Å². The van der Waals surface area contributed by atoms with E-state index in [1.54, 1.807) is 20.5 Å². The molecular weight excluding hydrogens is 316 g/mol. The van der Waals surface area contributed by atoms with E-state index in [2.05, 4.69) is 25.9 Å². The lowest BCUT2D eigenvalue weighted by Gasteiger charge is -2.33. The molecule has 1 fully saturated rings. The SMILES string of the molecule is COc1cc2nccc(N3CCC(c4cnc[nH]4)CC3)c2cc1OC. The number of H-pyrrole nitrogens is 1. The number of imidazole rings is 1. The molecular formula is C19H22N4O2. The van der Waals surface area contributed by atoms with Crippen LogP contribution in [0.15, 0.2) is 36.9 Å². The molecule has 25 heavy (non-hydrogen) atoms. The molecule has 2 aromatic heterocycles. The Morgan fingerprint density at radius 3 is 2.56 bits per heavy atom. The average Bonchev–Trinajstić information content (AvgIpc) is 3.21. The van der Waals surface area contributed by atoms with Crippen molar-refractivity contribution < 1.29 is 9.47 Å². The summed E-state index contributed by atoms with van der Waals surface area (Å²) in [5, 5.41) is 1.10. The van der Waals surface area contributed by atoms with Crippen LogP contribution in [0.2, 0.25) is 0 Å². The first-order valence-electron chi connectivity index (χ1n) is 8.54. The van der Waals surface area contributed by atoms with Crippen molar-refractivity contribution in [3.8, 4) is 11.5 Å². The van der Waals surface area contributed by atoms with Gasteiger partial charge in [-0.1, -0.05) is 0 Å². The number of aromatic nitrogens is 3. The van der Waals surface area contributed by atoms with Crippen LogP contribution in [0.5, 0.6) is 11.5 Å². The molecule has 6 nitrogen and oxygen atoms in total. The summed E-state index contributed by atoms with van der Waals surface area (Å²) in [6, 6.07) is 6.05. The Kier molecular flexibility index (Phi) is 4.17. The van der Waals surface area contributed by atoms with Crippen molar-refractivity contribution >= 4 is 16.6 Å². The zero-order valence-corrected chi connectivity index (χ0v) is 14.5. The lowest BCUT2D eigenvalue weighted by Crippen LogP contribution is -2.33. The number of rotatable bonds is 4. The Morgan fingerprint density at radius 1 is 1.12 bits per heavy atom. The quantitative estimate of drug-likeness (QED) is 0.790. The van der Waals surface area contributed by atoms with E-state index in [4.69, 9.17) is 9.47 Å². The van der Waals surface area contributed by atoms with Gasteiger partial charge in [-0.2, -0.15) is 0 Å². The van der Waals surface area contributed by atoms with E-state index in [1.807, 2.05) is 24.5 Å². The number of nitrogens with one attached hydrogen (secondary N) is 1. The summed E-state index contributed by atoms with van der Waals surface area (Å²) in [5.41, 5.74) is 3.37. The van der Waals surface area contributed by atoms with Crippen molar-refractivity contribution in [1.82, 2.24) is 15.0 Å². The van der Waals surface area contributed by atoms with Gasteiger partial charge in [0.2, 0.25) is 0 Å². The zero-order valence-electron chi connectivity index (χ0n) is 14.5. The molecule has 4 rings (SSSR count). The van der Waals surface area contributed by atoms with E-state index in [-0.39, 0.29) is 0 Å². The van der Waals surface area contributed by atoms with Gasteiger partial charge in [0.1, 0.15) is 0 Å². The van der Waals surface area contributed by atoms with Gasteiger partial charge in [0.25, 0.3) is 0 Å². The number of methoxy groups -OCH3 is 2. The predicted octanol–water partition coefficient (Wildman–Crippen LogP) is 3.36. The smallest absolute Gasteiger partial charge is 0.162 e. The van der Waals surface area contributed by atoms with Gasteiger partial charge < -0.3 is 19.4 Å². The van der Waals surface area contributed by atoms with Gasteiger partial charge in [-0.3, -0.25) is 4.98 Å². The molecule has 3 heterocycles. The van der Waals surface area contributed by atoms with Gasteiger partial charge >= 0.3 is 0 Å². The van der Waals surface area contributed by atoms with Gasteiger partial charge in [-0.05, 0) is 25.0 Å². The summed E-state index contributed by atoms with van der Waals surface area (Å²) >= 11 is 0. The number of hydrogen-bond donors (Lipinski definition) is 1. The van der Waals surface area contributed by atoms with E-state index < -0.39 is 0 Å². The maximum Gasteiger partial charge on any atom is 0.162 e. The molecule has 0 aliphatic carbocycles. The number of fused-ring (bicyclic) bond motifs is 1. The van der Waals surface area contributed by atoms with E-state index in [0.717, 1.165) is 42.6 Å². The molecule has 0 atom stereocenters. The Morgan fingerprint density at radius 2 is 1.88 bits per heavy atom. The number of pyridine rings is 1. The number of piperidine rings is 1. The maximum atomic E-state index is 5.47.